The van der Waals surface area contributed by atoms with Crippen molar-refractivity contribution in [2.24, 2.45) is 0 Å². The third kappa shape index (κ3) is 4.38. The molecule has 2 saturated heterocycles. The highest BCUT2D eigenvalue weighted by Crippen LogP contribution is 2.34. The monoisotopic (exact) mass is 465 g/mol. The number of fused-ring (bicyclic) bond motifs is 1. The molecule has 5 rings (SSSR count). The van der Waals surface area contributed by atoms with Crippen LogP contribution in [0.25, 0.3) is 0 Å². The van der Waals surface area contributed by atoms with Gasteiger partial charge in [0, 0.05) is 30.6 Å². The minimum atomic E-state index is -0.915. The fourth-order valence-electron chi connectivity index (χ4n) is 4.33. The molecule has 0 aliphatic carbocycles. The normalized spacial score (nSPS) is 22.2. The highest BCUT2D eigenvalue weighted by Gasteiger charge is 2.40. The molecule has 9 heteroatoms. The van der Waals surface area contributed by atoms with Crippen LogP contribution in [0.3, 0.4) is 0 Å². The van der Waals surface area contributed by atoms with E-state index in [4.69, 9.17) is 12.2 Å². The van der Waals surface area contributed by atoms with Crippen LogP contribution in [-0.2, 0) is 38.8 Å². The van der Waals surface area contributed by atoms with Gasteiger partial charge in [0.1, 0.15) is 25.0 Å². The van der Waals surface area contributed by atoms with Crippen molar-refractivity contribution in [1.29, 1.82) is 0 Å². The first-order chi connectivity index (χ1) is 17.3. The third-order valence-electron chi connectivity index (χ3n) is 6.15. The summed E-state index contributed by atoms with van der Waals surface area (Å²) in [5.74, 6) is -0.861. The van der Waals surface area contributed by atoms with E-state index in [0.29, 0.717) is 41.2 Å². The van der Waals surface area contributed by atoms with E-state index in [-0.39, 0.29) is 56.4 Å². The number of ether oxygens (including phenoxy) is 2. The third-order valence-corrected chi connectivity index (χ3v) is 6.15. The van der Waals surface area contributed by atoms with Crippen molar-refractivity contribution in [3.63, 3.8) is 0 Å². The number of piperidine rings is 1. The molecule has 2 aromatic rings. The molecule has 0 spiro atoms. The lowest BCUT2D eigenvalue weighted by atomic mass is 10.0. The second-order valence-electron chi connectivity index (χ2n) is 8.39. The summed E-state index contributed by atoms with van der Waals surface area (Å²) < 4.78 is 27.9. The molecule has 0 aromatic heterocycles. The Bertz CT molecular complexity index is 1250. The molecular weight excluding hydrogens is 438 g/mol. The number of rotatable bonds is 6. The van der Waals surface area contributed by atoms with Crippen LogP contribution in [0.2, 0.25) is 0 Å². The first kappa shape index (κ1) is 19.7. The minimum absolute atomic E-state index is 0.0418. The van der Waals surface area contributed by atoms with Crippen molar-refractivity contribution < 1.29 is 31.4 Å². The first-order valence-corrected chi connectivity index (χ1v) is 11.1. The van der Waals surface area contributed by atoms with E-state index in [0.717, 1.165) is 0 Å². The fraction of sp³-hybridized carbons (Fsp3) is 0.360. The summed E-state index contributed by atoms with van der Waals surface area (Å²) in [5.41, 5.74) is 2.23. The van der Waals surface area contributed by atoms with Crippen LogP contribution in [0.15, 0.2) is 42.4 Å². The minimum Gasteiger partial charge on any atom is -0.489 e. The molecule has 2 aromatic carbocycles. The number of hydrogen-bond acceptors (Lipinski definition) is 6. The summed E-state index contributed by atoms with van der Waals surface area (Å²) in [6.07, 6.45) is 0.462. The van der Waals surface area contributed by atoms with Gasteiger partial charge < -0.3 is 19.3 Å². The van der Waals surface area contributed by atoms with E-state index in [9.17, 15) is 19.2 Å². The molecular formula is C25H25N3O6. The van der Waals surface area contributed by atoms with Crippen LogP contribution in [0, 0.1) is 0 Å². The van der Waals surface area contributed by atoms with Gasteiger partial charge in [-0.25, -0.2) is 0 Å². The molecule has 0 bridgehead atoms. The van der Waals surface area contributed by atoms with Gasteiger partial charge in [0.2, 0.25) is 17.7 Å². The molecule has 176 valence electrons. The van der Waals surface area contributed by atoms with E-state index in [1.807, 2.05) is 0 Å². The van der Waals surface area contributed by atoms with E-state index in [1.165, 1.54) is 9.80 Å². The van der Waals surface area contributed by atoms with Gasteiger partial charge in [-0.1, -0.05) is 30.3 Å². The maximum atomic E-state index is 13.0. The Balaban J connectivity index is 1.28. The van der Waals surface area contributed by atoms with Gasteiger partial charge in [0.15, 0.2) is 0 Å². The molecule has 4 amide bonds. The predicted molar refractivity (Wildman–Crippen MR) is 119 cm³/mol. The zero-order valence-corrected chi connectivity index (χ0v) is 18.4. The molecule has 34 heavy (non-hydrogen) atoms. The van der Waals surface area contributed by atoms with Gasteiger partial charge in [-0.05, 0) is 29.7 Å². The van der Waals surface area contributed by atoms with Gasteiger partial charge in [0.05, 0.1) is 15.9 Å². The maximum Gasteiger partial charge on any atom is 0.255 e. The fourth-order valence-corrected chi connectivity index (χ4v) is 4.33. The van der Waals surface area contributed by atoms with Crippen LogP contribution in [-0.4, -0.2) is 59.2 Å². The number of nitrogens with one attached hydrogen (secondary N) is 1. The molecule has 3 aliphatic heterocycles. The predicted octanol–water partition coefficient (Wildman–Crippen LogP) is 1.39. The van der Waals surface area contributed by atoms with Crippen LogP contribution >= 0.6 is 0 Å². The Morgan fingerprint density at radius 3 is 2.79 bits per heavy atom. The molecule has 3 heterocycles. The zero-order chi connectivity index (χ0) is 25.4. The van der Waals surface area contributed by atoms with Crippen molar-refractivity contribution in [3.05, 3.63) is 64.7 Å². The summed E-state index contributed by atoms with van der Waals surface area (Å²) >= 11 is 0. The number of carbonyl (C=O) groups excluding carboxylic acids is 4. The van der Waals surface area contributed by atoms with Crippen LogP contribution in [0.5, 0.6) is 5.75 Å². The average molecular weight is 466 g/mol. The van der Waals surface area contributed by atoms with Crippen molar-refractivity contribution in [3.8, 4) is 5.75 Å². The van der Waals surface area contributed by atoms with Crippen LogP contribution in [0.1, 0.15) is 42.6 Å². The summed E-state index contributed by atoms with van der Waals surface area (Å²) in [5, 5.41) is 2.29. The van der Waals surface area contributed by atoms with Crippen molar-refractivity contribution in [2.75, 3.05) is 19.8 Å². The molecule has 1 N–H and O–H groups in total. The standard InChI is InChI=1S/C25H25N3O6/c29-22-9-8-20(24(31)26-22)28-13-19-18(25(28)32)2-1-3-21(19)34-14-17-6-4-16(5-7-17)12-27-10-11-33-15-23(27)30/h1-7,20H,8-15H2,(H,26,29,31)/i6D,12D. The first-order valence-electron chi connectivity index (χ1n) is 12.2. The number of morpholine rings is 1. The van der Waals surface area contributed by atoms with Crippen LogP contribution in [0.4, 0.5) is 0 Å². The molecule has 3 aliphatic rings. The molecule has 2 fully saturated rings. The van der Waals surface area contributed by atoms with Crippen LogP contribution < -0.4 is 10.1 Å². The lowest BCUT2D eigenvalue weighted by molar-refractivity contribution is -0.143. The number of imide groups is 1. The van der Waals surface area contributed by atoms with Gasteiger partial charge >= 0.3 is 0 Å². The van der Waals surface area contributed by atoms with Gasteiger partial charge in [-0.15, -0.1) is 0 Å². The molecule has 0 saturated carbocycles. The number of amides is 4. The number of nitrogens with zero attached hydrogens (tertiary/aromatic N) is 2. The second kappa shape index (κ2) is 9.26. The number of carbonyl (C=O) groups is 4. The van der Waals surface area contributed by atoms with Crippen molar-refractivity contribution in [1.82, 2.24) is 15.1 Å². The smallest absolute Gasteiger partial charge is 0.255 e. The molecule has 2 unspecified atom stereocenters. The highest BCUT2D eigenvalue weighted by molar-refractivity contribution is 6.05. The summed E-state index contributed by atoms with van der Waals surface area (Å²) in [7, 11) is 0. The maximum absolute atomic E-state index is 13.0. The quantitative estimate of drug-likeness (QED) is 0.647. The Morgan fingerprint density at radius 1 is 1.15 bits per heavy atom. The SMILES string of the molecule is [2H]c1cc(C([2H])N2CCOCC2=O)ccc1COc1cccc2c1CN(C1CCC(=O)NC1=O)C2=O. The topological polar surface area (TPSA) is 105 Å². The Kier molecular flexibility index (Phi) is 5.37. The van der Waals surface area contributed by atoms with Gasteiger partial charge in [-0.3, -0.25) is 24.5 Å². The largest absolute Gasteiger partial charge is 0.489 e. The van der Waals surface area contributed by atoms with Gasteiger partial charge in [-0.2, -0.15) is 0 Å². The Morgan fingerprint density at radius 2 is 2.00 bits per heavy atom. The van der Waals surface area contributed by atoms with Crippen molar-refractivity contribution >= 4 is 23.6 Å². The van der Waals surface area contributed by atoms with E-state index in [1.54, 1.807) is 36.4 Å². The average Bonchev–Trinajstić information content (AvgIpc) is 3.20. The van der Waals surface area contributed by atoms with E-state index < -0.39 is 18.5 Å². The second-order valence-corrected chi connectivity index (χ2v) is 8.39. The van der Waals surface area contributed by atoms with Crippen molar-refractivity contribution in [2.45, 2.75) is 38.6 Å². The molecule has 2 atom stereocenters. The highest BCUT2D eigenvalue weighted by atomic mass is 16.5. The number of hydrogen-bond donors (Lipinski definition) is 1. The summed E-state index contributed by atoms with van der Waals surface area (Å²) in [4.78, 5) is 51.7. The van der Waals surface area contributed by atoms with E-state index >= 15 is 0 Å². The van der Waals surface area contributed by atoms with Gasteiger partial charge in [0.25, 0.3) is 5.91 Å². The summed E-state index contributed by atoms with van der Waals surface area (Å²) in [6.45, 7) is 0.0190. The molecule has 0 radical (unpaired) electrons. The zero-order valence-electron chi connectivity index (χ0n) is 20.4. The van der Waals surface area contributed by atoms with E-state index in [2.05, 4.69) is 5.32 Å². The molecule has 9 nitrogen and oxygen atoms in total. The lowest BCUT2D eigenvalue weighted by Crippen LogP contribution is -2.52. The summed E-state index contributed by atoms with van der Waals surface area (Å²) in [6, 6.07) is 9.56. The Hall–Kier alpha value is -3.72. The number of benzene rings is 2. The lowest BCUT2D eigenvalue weighted by Gasteiger charge is -2.29. The Labute approximate surface area is 199 Å².